The lowest BCUT2D eigenvalue weighted by atomic mass is 10.2. The van der Waals surface area contributed by atoms with E-state index in [1.54, 1.807) is 19.1 Å². The lowest BCUT2D eigenvalue weighted by molar-refractivity contribution is -0.138. The molecular formula is C14H16N4O4. The Morgan fingerprint density at radius 3 is 2.36 bits per heavy atom. The predicted molar refractivity (Wildman–Crippen MR) is 76.4 cm³/mol. The average Bonchev–Trinajstić information content (AvgIpc) is 2.52. The molecule has 8 heteroatoms. The van der Waals surface area contributed by atoms with Crippen LogP contribution in [0.5, 0.6) is 5.75 Å². The average molecular weight is 304 g/mol. The summed E-state index contributed by atoms with van der Waals surface area (Å²) in [6.07, 6.45) is -0.00663. The van der Waals surface area contributed by atoms with Crippen molar-refractivity contribution < 1.29 is 19.4 Å². The van der Waals surface area contributed by atoms with Crippen LogP contribution in [-0.2, 0) is 9.53 Å². The molecule has 0 saturated heterocycles. The van der Waals surface area contributed by atoms with Crippen LogP contribution in [0.15, 0.2) is 24.3 Å². The van der Waals surface area contributed by atoms with Crippen molar-refractivity contribution in [2.45, 2.75) is 13.3 Å². The Balaban J connectivity index is 1.77. The normalized spacial score (nSPS) is 10.4. The van der Waals surface area contributed by atoms with Crippen LogP contribution in [0.3, 0.4) is 0 Å². The zero-order valence-corrected chi connectivity index (χ0v) is 12.1. The third-order valence-corrected chi connectivity index (χ3v) is 2.65. The standard InChI is InChI=1S/C14H16N4O4/c1-10-15-17-14(18-16-10)11-2-4-12(5-3-11)22-9-8-21-7-6-13(19)20/h2-5H,6-9H2,1H3,(H,19,20). The fourth-order valence-corrected chi connectivity index (χ4v) is 1.58. The maximum Gasteiger partial charge on any atom is 0.305 e. The number of aryl methyl sites for hydroxylation is 1. The van der Waals surface area contributed by atoms with Gasteiger partial charge in [0.25, 0.3) is 0 Å². The molecule has 0 unspecified atom stereocenters. The number of hydrogen-bond acceptors (Lipinski definition) is 7. The minimum absolute atomic E-state index is 0.00663. The van der Waals surface area contributed by atoms with E-state index in [0.717, 1.165) is 5.56 Å². The van der Waals surface area contributed by atoms with Gasteiger partial charge in [0, 0.05) is 5.56 Å². The molecule has 2 rings (SSSR count). The molecule has 0 fully saturated rings. The topological polar surface area (TPSA) is 107 Å². The zero-order valence-electron chi connectivity index (χ0n) is 12.1. The van der Waals surface area contributed by atoms with E-state index >= 15 is 0 Å². The molecule has 2 aromatic rings. The Kier molecular flexibility index (Phi) is 5.73. The van der Waals surface area contributed by atoms with Crippen LogP contribution in [0.25, 0.3) is 11.4 Å². The molecule has 1 heterocycles. The number of carboxylic acids is 1. The van der Waals surface area contributed by atoms with Crippen LogP contribution >= 0.6 is 0 Å². The molecule has 0 spiro atoms. The molecule has 0 aliphatic rings. The van der Waals surface area contributed by atoms with Crippen molar-refractivity contribution in [1.82, 2.24) is 20.4 Å². The van der Waals surface area contributed by atoms with Crippen molar-refractivity contribution in [3.8, 4) is 17.1 Å². The van der Waals surface area contributed by atoms with Gasteiger partial charge in [-0.15, -0.1) is 20.4 Å². The van der Waals surface area contributed by atoms with Crippen LogP contribution in [0.2, 0.25) is 0 Å². The highest BCUT2D eigenvalue weighted by Crippen LogP contribution is 2.18. The molecule has 0 aliphatic carbocycles. The Hall–Kier alpha value is -2.61. The Bertz CT molecular complexity index is 601. The second kappa shape index (κ2) is 7.99. The van der Waals surface area contributed by atoms with Gasteiger partial charge < -0.3 is 14.6 Å². The second-order valence-electron chi connectivity index (χ2n) is 4.40. The molecule has 0 saturated carbocycles. The highest BCUT2D eigenvalue weighted by Gasteiger charge is 2.03. The van der Waals surface area contributed by atoms with Crippen molar-refractivity contribution in [2.24, 2.45) is 0 Å². The van der Waals surface area contributed by atoms with Crippen molar-refractivity contribution in [1.29, 1.82) is 0 Å². The molecule has 116 valence electrons. The molecule has 0 atom stereocenters. The summed E-state index contributed by atoms with van der Waals surface area (Å²) in [5.41, 5.74) is 0.796. The number of hydrogen-bond donors (Lipinski definition) is 1. The monoisotopic (exact) mass is 304 g/mol. The van der Waals surface area contributed by atoms with Gasteiger partial charge in [-0.25, -0.2) is 0 Å². The number of ether oxygens (including phenoxy) is 2. The van der Waals surface area contributed by atoms with Crippen LogP contribution in [0.4, 0.5) is 0 Å². The first-order valence-corrected chi connectivity index (χ1v) is 6.72. The van der Waals surface area contributed by atoms with Crippen molar-refractivity contribution in [3.05, 3.63) is 30.1 Å². The quantitative estimate of drug-likeness (QED) is 0.723. The Morgan fingerprint density at radius 2 is 1.73 bits per heavy atom. The molecule has 0 aliphatic heterocycles. The van der Waals surface area contributed by atoms with Gasteiger partial charge in [-0.3, -0.25) is 4.79 Å². The first kappa shape index (κ1) is 15.8. The summed E-state index contributed by atoms with van der Waals surface area (Å²) in [7, 11) is 0. The van der Waals surface area contributed by atoms with Gasteiger partial charge in [0.1, 0.15) is 12.4 Å². The fraction of sp³-hybridized carbons (Fsp3) is 0.357. The van der Waals surface area contributed by atoms with Crippen LogP contribution < -0.4 is 4.74 Å². The largest absolute Gasteiger partial charge is 0.491 e. The summed E-state index contributed by atoms with van der Waals surface area (Å²) < 4.78 is 10.6. The third-order valence-electron chi connectivity index (χ3n) is 2.65. The Morgan fingerprint density at radius 1 is 1.05 bits per heavy atom. The molecule has 22 heavy (non-hydrogen) atoms. The molecule has 0 bridgehead atoms. The van der Waals surface area contributed by atoms with Crippen molar-refractivity contribution >= 4 is 5.97 Å². The van der Waals surface area contributed by atoms with E-state index in [-0.39, 0.29) is 13.0 Å². The highest BCUT2D eigenvalue weighted by molar-refractivity contribution is 5.66. The zero-order chi connectivity index (χ0) is 15.8. The van der Waals surface area contributed by atoms with Crippen molar-refractivity contribution in [2.75, 3.05) is 19.8 Å². The van der Waals surface area contributed by atoms with Gasteiger partial charge in [-0.05, 0) is 31.2 Å². The van der Waals surface area contributed by atoms with Crippen LogP contribution in [0, 0.1) is 6.92 Å². The molecule has 0 radical (unpaired) electrons. The maximum atomic E-state index is 10.3. The highest BCUT2D eigenvalue weighted by atomic mass is 16.5. The third kappa shape index (κ3) is 5.06. The van der Waals surface area contributed by atoms with E-state index in [9.17, 15) is 4.79 Å². The number of aromatic nitrogens is 4. The van der Waals surface area contributed by atoms with E-state index in [2.05, 4.69) is 20.4 Å². The summed E-state index contributed by atoms with van der Waals surface area (Å²) >= 11 is 0. The fourth-order valence-electron chi connectivity index (χ4n) is 1.58. The van der Waals surface area contributed by atoms with E-state index in [4.69, 9.17) is 14.6 Å². The predicted octanol–water partition coefficient (Wildman–Crippen LogP) is 1.11. The van der Waals surface area contributed by atoms with E-state index in [1.165, 1.54) is 0 Å². The summed E-state index contributed by atoms with van der Waals surface area (Å²) in [6.45, 7) is 2.59. The van der Waals surface area contributed by atoms with Crippen molar-refractivity contribution in [3.63, 3.8) is 0 Å². The molecule has 8 nitrogen and oxygen atoms in total. The van der Waals surface area contributed by atoms with Gasteiger partial charge in [0.2, 0.25) is 5.82 Å². The molecule has 0 amide bonds. The molecule has 1 aromatic carbocycles. The van der Waals surface area contributed by atoms with E-state index in [1.807, 2.05) is 12.1 Å². The molecule has 1 N–H and O–H groups in total. The number of nitrogens with zero attached hydrogens (tertiary/aromatic N) is 4. The number of rotatable bonds is 8. The van der Waals surface area contributed by atoms with Gasteiger partial charge in [0.05, 0.1) is 19.6 Å². The lowest BCUT2D eigenvalue weighted by Gasteiger charge is -2.07. The van der Waals surface area contributed by atoms with Crippen LogP contribution in [-0.4, -0.2) is 51.3 Å². The Labute approximate surface area is 127 Å². The van der Waals surface area contributed by atoms with Gasteiger partial charge in [-0.1, -0.05) is 0 Å². The van der Waals surface area contributed by atoms with Gasteiger partial charge in [-0.2, -0.15) is 0 Å². The minimum atomic E-state index is -0.876. The number of aliphatic carboxylic acids is 1. The summed E-state index contributed by atoms with van der Waals surface area (Å²) in [5.74, 6) is 0.776. The number of carbonyl (C=O) groups is 1. The van der Waals surface area contributed by atoms with Crippen LogP contribution in [0.1, 0.15) is 12.2 Å². The first-order chi connectivity index (χ1) is 10.6. The summed E-state index contributed by atoms with van der Waals surface area (Å²) in [6, 6.07) is 7.20. The van der Waals surface area contributed by atoms with E-state index < -0.39 is 5.97 Å². The van der Waals surface area contributed by atoms with E-state index in [0.29, 0.717) is 30.6 Å². The number of carboxylic acid groups (broad SMARTS) is 1. The molecule has 1 aromatic heterocycles. The summed E-state index contributed by atoms with van der Waals surface area (Å²) in [4.78, 5) is 10.3. The minimum Gasteiger partial charge on any atom is -0.491 e. The van der Waals surface area contributed by atoms with Gasteiger partial charge in [0.15, 0.2) is 5.82 Å². The first-order valence-electron chi connectivity index (χ1n) is 6.72. The SMILES string of the molecule is Cc1nnc(-c2ccc(OCCOCCC(=O)O)cc2)nn1. The summed E-state index contributed by atoms with van der Waals surface area (Å²) in [5, 5.41) is 24.1. The molecular weight excluding hydrogens is 288 g/mol. The smallest absolute Gasteiger partial charge is 0.305 e. The lowest BCUT2D eigenvalue weighted by Crippen LogP contribution is -2.09. The second-order valence-corrected chi connectivity index (χ2v) is 4.40. The maximum absolute atomic E-state index is 10.3. The number of benzene rings is 1. The van der Waals surface area contributed by atoms with Gasteiger partial charge >= 0.3 is 5.97 Å².